The number of hydrogen-bond acceptors (Lipinski definition) is 6. The zero-order valence-corrected chi connectivity index (χ0v) is 18.2. The maximum atomic E-state index is 12.7. The van der Waals surface area contributed by atoms with Crippen LogP contribution in [0.2, 0.25) is 0 Å². The van der Waals surface area contributed by atoms with E-state index >= 15 is 0 Å². The van der Waals surface area contributed by atoms with E-state index in [1.807, 2.05) is 0 Å². The molecule has 0 spiro atoms. The van der Waals surface area contributed by atoms with Gasteiger partial charge in [-0.25, -0.2) is 8.42 Å². The molecule has 9 heteroatoms. The molecule has 0 aliphatic carbocycles. The average Bonchev–Trinajstić information content (AvgIpc) is 3.48. The van der Waals surface area contributed by atoms with Crippen LogP contribution in [0, 0.1) is 0 Å². The van der Waals surface area contributed by atoms with Crippen LogP contribution in [-0.4, -0.2) is 91.5 Å². The van der Waals surface area contributed by atoms with Gasteiger partial charge in [0.2, 0.25) is 15.9 Å². The molecule has 2 N–H and O–H groups in total. The van der Waals surface area contributed by atoms with Crippen LogP contribution in [0.3, 0.4) is 0 Å². The van der Waals surface area contributed by atoms with Crippen molar-refractivity contribution in [1.82, 2.24) is 14.1 Å². The van der Waals surface area contributed by atoms with E-state index in [1.54, 1.807) is 18.2 Å². The van der Waals surface area contributed by atoms with E-state index in [1.165, 1.54) is 23.2 Å². The smallest absolute Gasteiger partial charge is 0.243 e. The lowest BCUT2D eigenvalue weighted by Gasteiger charge is -2.25. The summed E-state index contributed by atoms with van der Waals surface area (Å²) in [7, 11) is -3.50. The van der Waals surface area contributed by atoms with Crippen molar-refractivity contribution < 1.29 is 18.3 Å². The van der Waals surface area contributed by atoms with Crippen molar-refractivity contribution in [2.45, 2.75) is 49.1 Å². The molecule has 3 saturated heterocycles. The van der Waals surface area contributed by atoms with Gasteiger partial charge in [0.1, 0.15) is 0 Å². The molecule has 1 aromatic rings. The molecule has 3 fully saturated rings. The lowest BCUT2D eigenvalue weighted by molar-refractivity contribution is -0.116. The minimum Gasteiger partial charge on any atom is -0.390 e. The molecule has 8 nitrogen and oxygen atoms in total. The second kappa shape index (κ2) is 9.32. The van der Waals surface area contributed by atoms with Crippen LogP contribution in [0.25, 0.3) is 0 Å². The Morgan fingerprint density at radius 3 is 2.50 bits per heavy atom. The lowest BCUT2D eigenvalue weighted by Crippen LogP contribution is -2.41. The topological polar surface area (TPSA) is 93.2 Å². The van der Waals surface area contributed by atoms with Crippen LogP contribution in [-0.2, 0) is 14.8 Å². The summed E-state index contributed by atoms with van der Waals surface area (Å²) >= 11 is 0. The number of hydrogen-bond donors (Lipinski definition) is 2. The van der Waals surface area contributed by atoms with E-state index in [2.05, 4.69) is 15.1 Å². The maximum absolute atomic E-state index is 12.7. The quantitative estimate of drug-likeness (QED) is 0.661. The molecule has 1 aromatic carbocycles. The second-order valence-corrected chi connectivity index (χ2v) is 10.5. The SMILES string of the molecule is O=C(CCN1C[C@@H](N2CCCC2)[C@@H](O)C1)Nc1cccc(S(=O)(=O)N2CCCC2)c1. The van der Waals surface area contributed by atoms with Gasteiger partial charge in [-0.1, -0.05) is 6.07 Å². The number of aliphatic hydroxyl groups excluding tert-OH is 1. The van der Waals surface area contributed by atoms with Gasteiger partial charge < -0.3 is 10.4 Å². The van der Waals surface area contributed by atoms with E-state index in [4.69, 9.17) is 0 Å². The molecule has 0 bridgehead atoms. The fourth-order valence-corrected chi connectivity index (χ4v) is 6.32. The third kappa shape index (κ3) is 4.86. The molecule has 0 unspecified atom stereocenters. The molecule has 3 aliphatic heterocycles. The molecule has 166 valence electrons. The van der Waals surface area contributed by atoms with Gasteiger partial charge in [0, 0.05) is 50.9 Å². The van der Waals surface area contributed by atoms with Gasteiger partial charge in [0.05, 0.1) is 11.0 Å². The fourth-order valence-electron chi connectivity index (χ4n) is 4.76. The van der Waals surface area contributed by atoms with Crippen LogP contribution in [0.1, 0.15) is 32.1 Å². The van der Waals surface area contributed by atoms with Crippen molar-refractivity contribution in [2.75, 3.05) is 51.1 Å². The van der Waals surface area contributed by atoms with Crippen molar-refractivity contribution >= 4 is 21.6 Å². The Balaban J connectivity index is 1.29. The standard InChI is InChI=1S/C21H32N4O4S/c26-20-16-23(15-19(20)24-9-1-2-10-24)13-8-21(27)22-17-6-5-7-18(14-17)30(28,29)25-11-3-4-12-25/h5-7,14,19-20,26H,1-4,8-13,15-16H2,(H,22,27)/t19-,20+/m1/s1. The summed E-state index contributed by atoms with van der Waals surface area (Å²) in [5.41, 5.74) is 0.497. The maximum Gasteiger partial charge on any atom is 0.243 e. The first-order valence-electron chi connectivity index (χ1n) is 11.0. The summed E-state index contributed by atoms with van der Waals surface area (Å²) in [6.45, 7) is 5.17. The van der Waals surface area contributed by atoms with Crippen LogP contribution in [0.5, 0.6) is 0 Å². The number of sulfonamides is 1. The molecule has 3 heterocycles. The second-order valence-electron chi connectivity index (χ2n) is 8.57. The van der Waals surface area contributed by atoms with Gasteiger partial charge >= 0.3 is 0 Å². The van der Waals surface area contributed by atoms with Crippen molar-refractivity contribution in [2.24, 2.45) is 0 Å². The Labute approximate surface area is 178 Å². The van der Waals surface area contributed by atoms with Gasteiger partial charge in [-0.15, -0.1) is 0 Å². The first-order chi connectivity index (χ1) is 14.4. The molecule has 2 atom stereocenters. The number of rotatable bonds is 7. The van der Waals surface area contributed by atoms with Crippen molar-refractivity contribution in [3.63, 3.8) is 0 Å². The van der Waals surface area contributed by atoms with Gasteiger partial charge in [0.15, 0.2) is 0 Å². The zero-order chi connectivity index (χ0) is 21.1. The largest absolute Gasteiger partial charge is 0.390 e. The first kappa shape index (κ1) is 21.7. The molecule has 0 aromatic heterocycles. The number of carbonyl (C=O) groups is 1. The van der Waals surface area contributed by atoms with Crippen LogP contribution < -0.4 is 5.32 Å². The molecule has 1 amide bonds. The van der Waals surface area contributed by atoms with Crippen molar-refractivity contribution in [3.8, 4) is 0 Å². The number of β-amino-alcohol motifs (C(OH)–C–C–N with tert-alkyl or cyclic N) is 1. The summed E-state index contributed by atoms with van der Waals surface area (Å²) in [6, 6.07) is 6.66. The number of anilines is 1. The monoisotopic (exact) mass is 436 g/mol. The van der Waals surface area contributed by atoms with Gasteiger partial charge in [-0.2, -0.15) is 4.31 Å². The van der Waals surface area contributed by atoms with E-state index in [0.717, 1.165) is 32.5 Å². The van der Waals surface area contributed by atoms with Crippen LogP contribution in [0.15, 0.2) is 29.2 Å². The summed E-state index contributed by atoms with van der Waals surface area (Å²) in [5, 5.41) is 13.2. The third-order valence-corrected chi connectivity index (χ3v) is 8.31. The zero-order valence-electron chi connectivity index (χ0n) is 17.4. The summed E-state index contributed by atoms with van der Waals surface area (Å²) in [6.07, 6.45) is 4.11. The number of aliphatic hydroxyl groups is 1. The summed E-state index contributed by atoms with van der Waals surface area (Å²) in [5.74, 6) is -0.148. The molecule has 4 rings (SSSR count). The van der Waals surface area contributed by atoms with E-state index < -0.39 is 10.0 Å². The molecule has 0 radical (unpaired) electrons. The van der Waals surface area contributed by atoms with Crippen molar-refractivity contribution in [3.05, 3.63) is 24.3 Å². The molecule has 30 heavy (non-hydrogen) atoms. The number of nitrogens with one attached hydrogen (secondary N) is 1. The Bertz CT molecular complexity index is 850. The first-order valence-corrected chi connectivity index (χ1v) is 12.4. The van der Waals surface area contributed by atoms with Crippen LogP contribution >= 0.6 is 0 Å². The number of benzene rings is 1. The van der Waals surface area contributed by atoms with Crippen molar-refractivity contribution in [1.29, 1.82) is 0 Å². The number of likely N-dealkylation sites (tertiary alicyclic amines) is 2. The van der Waals surface area contributed by atoms with E-state index in [0.29, 0.717) is 38.3 Å². The highest BCUT2D eigenvalue weighted by molar-refractivity contribution is 7.89. The Kier molecular flexibility index (Phi) is 6.74. The fraction of sp³-hybridized carbons (Fsp3) is 0.667. The van der Waals surface area contributed by atoms with Crippen LogP contribution in [0.4, 0.5) is 5.69 Å². The Morgan fingerprint density at radius 2 is 1.77 bits per heavy atom. The predicted molar refractivity (Wildman–Crippen MR) is 115 cm³/mol. The Hall–Kier alpha value is -1.52. The minimum atomic E-state index is -3.50. The van der Waals surface area contributed by atoms with E-state index in [9.17, 15) is 18.3 Å². The predicted octanol–water partition coefficient (Wildman–Crippen LogP) is 0.941. The van der Waals surface area contributed by atoms with Gasteiger partial charge in [0.25, 0.3) is 0 Å². The minimum absolute atomic E-state index is 0.148. The number of amides is 1. The highest BCUT2D eigenvalue weighted by atomic mass is 32.2. The number of carbonyl (C=O) groups excluding carboxylic acids is 1. The average molecular weight is 437 g/mol. The summed E-state index contributed by atoms with van der Waals surface area (Å²) < 4.78 is 26.9. The lowest BCUT2D eigenvalue weighted by atomic mass is 10.2. The third-order valence-electron chi connectivity index (χ3n) is 6.42. The van der Waals surface area contributed by atoms with Gasteiger partial charge in [-0.3, -0.25) is 14.6 Å². The molecular weight excluding hydrogens is 404 g/mol. The van der Waals surface area contributed by atoms with Gasteiger partial charge in [-0.05, 0) is 57.0 Å². The highest BCUT2D eigenvalue weighted by Crippen LogP contribution is 2.24. The molecule has 3 aliphatic rings. The highest BCUT2D eigenvalue weighted by Gasteiger charge is 2.36. The Morgan fingerprint density at radius 1 is 1.07 bits per heavy atom. The molecular formula is C21H32N4O4S. The summed E-state index contributed by atoms with van der Waals surface area (Å²) in [4.78, 5) is 17.2. The van der Waals surface area contributed by atoms with E-state index in [-0.39, 0.29) is 22.9 Å². The molecule has 0 saturated carbocycles. The number of nitrogens with zero attached hydrogens (tertiary/aromatic N) is 3. The normalized spacial score (nSPS) is 26.4.